The van der Waals surface area contributed by atoms with Crippen LogP contribution in [0.2, 0.25) is 0 Å². The second-order valence-corrected chi connectivity index (χ2v) is 6.81. The molecule has 28 heavy (non-hydrogen) atoms. The van der Waals surface area contributed by atoms with Crippen LogP contribution in [0.4, 0.5) is 4.39 Å². The molecule has 1 aromatic carbocycles. The van der Waals surface area contributed by atoms with Crippen LogP contribution < -0.4 is 0 Å². The largest absolute Gasteiger partial charge is 0.376 e. The van der Waals surface area contributed by atoms with Crippen molar-refractivity contribution in [1.82, 2.24) is 20.1 Å². The molecule has 6 nitrogen and oxygen atoms in total. The molecule has 0 saturated carbocycles. The molecule has 3 heterocycles. The summed E-state index contributed by atoms with van der Waals surface area (Å²) in [5.74, 6) is -0.611. The maximum absolute atomic E-state index is 14.3. The van der Waals surface area contributed by atoms with Gasteiger partial charge < -0.3 is 9.64 Å². The van der Waals surface area contributed by atoms with Crippen molar-refractivity contribution in [2.75, 3.05) is 13.2 Å². The zero-order valence-electron chi connectivity index (χ0n) is 15.3. The summed E-state index contributed by atoms with van der Waals surface area (Å²) in [6, 6.07) is 10.1. The quantitative estimate of drug-likeness (QED) is 0.711. The molecule has 0 bridgehead atoms. The maximum atomic E-state index is 14.3. The smallest absolute Gasteiger partial charge is 0.258 e. The van der Waals surface area contributed by atoms with E-state index < -0.39 is 5.82 Å². The van der Waals surface area contributed by atoms with Crippen molar-refractivity contribution in [3.05, 3.63) is 71.9 Å². The van der Waals surface area contributed by atoms with E-state index in [1.165, 1.54) is 12.3 Å². The number of ether oxygens (including phenoxy) is 1. The van der Waals surface area contributed by atoms with Crippen molar-refractivity contribution in [2.45, 2.75) is 25.5 Å². The minimum Gasteiger partial charge on any atom is -0.376 e. The Balaban J connectivity index is 1.64. The topological polar surface area (TPSA) is 71.1 Å². The van der Waals surface area contributed by atoms with Gasteiger partial charge >= 0.3 is 0 Å². The van der Waals surface area contributed by atoms with Gasteiger partial charge in [-0.05, 0) is 42.7 Å². The summed E-state index contributed by atoms with van der Waals surface area (Å²) in [6.07, 6.45) is 6.79. The first-order valence-corrected chi connectivity index (χ1v) is 9.30. The zero-order valence-corrected chi connectivity index (χ0v) is 15.3. The van der Waals surface area contributed by atoms with E-state index in [9.17, 15) is 9.18 Å². The van der Waals surface area contributed by atoms with E-state index in [4.69, 9.17) is 4.74 Å². The minimum atomic E-state index is -0.402. The summed E-state index contributed by atoms with van der Waals surface area (Å²) >= 11 is 0. The molecule has 144 valence electrons. The van der Waals surface area contributed by atoms with Gasteiger partial charge in [0.15, 0.2) is 0 Å². The number of rotatable bonds is 6. The molecule has 0 radical (unpaired) electrons. The SMILES string of the molecule is O=C(c1cn[nH]c1-c1ccccc1F)N(Cc1ccncc1)CC1CCCO1. The van der Waals surface area contributed by atoms with E-state index in [0.717, 1.165) is 18.4 Å². The van der Waals surface area contributed by atoms with Gasteiger partial charge in [-0.1, -0.05) is 12.1 Å². The van der Waals surface area contributed by atoms with Crippen LogP contribution in [0, 0.1) is 5.82 Å². The van der Waals surface area contributed by atoms with Crippen LogP contribution in [0.3, 0.4) is 0 Å². The molecule has 1 saturated heterocycles. The van der Waals surface area contributed by atoms with Crippen LogP contribution in [-0.4, -0.2) is 45.2 Å². The van der Waals surface area contributed by atoms with Crippen LogP contribution in [0.1, 0.15) is 28.8 Å². The molecule has 1 aliphatic heterocycles. The van der Waals surface area contributed by atoms with Crippen LogP contribution in [-0.2, 0) is 11.3 Å². The lowest BCUT2D eigenvalue weighted by Gasteiger charge is -2.25. The summed E-state index contributed by atoms with van der Waals surface area (Å²) in [4.78, 5) is 19.1. The Morgan fingerprint density at radius 2 is 2.07 bits per heavy atom. The summed E-state index contributed by atoms with van der Waals surface area (Å²) in [7, 11) is 0. The Morgan fingerprint density at radius 3 is 2.82 bits per heavy atom. The minimum absolute atomic E-state index is 0.00889. The van der Waals surface area contributed by atoms with Gasteiger partial charge in [0.25, 0.3) is 5.91 Å². The van der Waals surface area contributed by atoms with Crippen LogP contribution in [0.5, 0.6) is 0 Å². The molecule has 1 amide bonds. The predicted octanol–water partition coefficient (Wildman–Crippen LogP) is 3.43. The zero-order chi connectivity index (χ0) is 19.3. The number of nitrogens with zero attached hydrogens (tertiary/aromatic N) is 3. The number of carbonyl (C=O) groups excluding carboxylic acids is 1. The molecule has 0 spiro atoms. The van der Waals surface area contributed by atoms with E-state index >= 15 is 0 Å². The first-order valence-electron chi connectivity index (χ1n) is 9.30. The van der Waals surface area contributed by atoms with Gasteiger partial charge in [-0.3, -0.25) is 14.9 Å². The Labute approximate surface area is 162 Å². The van der Waals surface area contributed by atoms with Gasteiger partial charge in [0.2, 0.25) is 0 Å². The molecule has 1 fully saturated rings. The van der Waals surface area contributed by atoms with Crippen LogP contribution in [0.25, 0.3) is 11.3 Å². The van der Waals surface area contributed by atoms with Gasteiger partial charge in [-0.25, -0.2) is 4.39 Å². The molecule has 7 heteroatoms. The molecule has 1 atom stereocenters. The van der Waals surface area contributed by atoms with Gasteiger partial charge in [-0.2, -0.15) is 5.10 Å². The number of H-pyrrole nitrogens is 1. The third-order valence-electron chi connectivity index (χ3n) is 4.87. The lowest BCUT2D eigenvalue weighted by atomic mass is 10.1. The van der Waals surface area contributed by atoms with E-state index in [2.05, 4.69) is 15.2 Å². The maximum Gasteiger partial charge on any atom is 0.258 e. The van der Waals surface area contributed by atoms with Gasteiger partial charge in [0.1, 0.15) is 5.82 Å². The lowest BCUT2D eigenvalue weighted by molar-refractivity contribution is 0.0508. The highest BCUT2D eigenvalue weighted by atomic mass is 19.1. The highest BCUT2D eigenvalue weighted by Gasteiger charge is 2.27. The number of benzene rings is 1. The van der Waals surface area contributed by atoms with Crippen molar-refractivity contribution in [3.63, 3.8) is 0 Å². The molecule has 1 aliphatic rings. The van der Waals surface area contributed by atoms with Crippen molar-refractivity contribution >= 4 is 5.91 Å². The Bertz CT molecular complexity index is 938. The molecule has 4 rings (SSSR count). The fourth-order valence-corrected chi connectivity index (χ4v) is 3.45. The number of hydrogen-bond donors (Lipinski definition) is 1. The number of halogens is 1. The third-order valence-corrected chi connectivity index (χ3v) is 4.87. The molecule has 3 aromatic rings. The van der Waals surface area contributed by atoms with Crippen molar-refractivity contribution < 1.29 is 13.9 Å². The lowest BCUT2D eigenvalue weighted by Crippen LogP contribution is -2.37. The summed E-state index contributed by atoms with van der Waals surface area (Å²) in [5.41, 5.74) is 2.02. The number of aromatic amines is 1. The number of hydrogen-bond acceptors (Lipinski definition) is 4. The van der Waals surface area contributed by atoms with Crippen LogP contribution >= 0.6 is 0 Å². The molecular formula is C21H21FN4O2. The van der Waals surface area contributed by atoms with E-state index in [0.29, 0.717) is 36.5 Å². The molecule has 0 aliphatic carbocycles. The highest BCUT2D eigenvalue weighted by molar-refractivity contribution is 5.99. The van der Waals surface area contributed by atoms with Crippen molar-refractivity contribution in [3.8, 4) is 11.3 Å². The fraction of sp³-hybridized carbons (Fsp3) is 0.286. The molecular weight excluding hydrogens is 359 g/mol. The second kappa shape index (κ2) is 8.31. The fourth-order valence-electron chi connectivity index (χ4n) is 3.45. The summed E-state index contributed by atoms with van der Waals surface area (Å²) in [5, 5.41) is 6.78. The number of nitrogens with one attached hydrogen (secondary N) is 1. The van der Waals surface area contributed by atoms with Gasteiger partial charge in [0, 0.05) is 37.7 Å². The average Bonchev–Trinajstić information content (AvgIpc) is 3.40. The Morgan fingerprint density at radius 1 is 1.25 bits per heavy atom. The first-order chi connectivity index (χ1) is 13.7. The van der Waals surface area contributed by atoms with E-state index in [-0.39, 0.29) is 12.0 Å². The predicted molar refractivity (Wildman–Crippen MR) is 102 cm³/mol. The Hall–Kier alpha value is -3.06. The Kier molecular flexibility index (Phi) is 5.43. The van der Waals surface area contributed by atoms with E-state index in [1.807, 2.05) is 12.1 Å². The third kappa shape index (κ3) is 3.94. The van der Waals surface area contributed by atoms with Crippen LogP contribution in [0.15, 0.2) is 55.0 Å². The van der Waals surface area contributed by atoms with Gasteiger partial charge in [0.05, 0.1) is 23.6 Å². The number of amides is 1. The average molecular weight is 380 g/mol. The monoisotopic (exact) mass is 380 g/mol. The van der Waals surface area contributed by atoms with Gasteiger partial charge in [-0.15, -0.1) is 0 Å². The van der Waals surface area contributed by atoms with E-state index in [1.54, 1.807) is 35.5 Å². The summed E-state index contributed by atoms with van der Waals surface area (Å²) < 4.78 is 20.0. The van der Waals surface area contributed by atoms with Crippen molar-refractivity contribution in [2.24, 2.45) is 0 Å². The molecule has 1 unspecified atom stereocenters. The number of pyridine rings is 1. The van der Waals surface area contributed by atoms with Crippen molar-refractivity contribution in [1.29, 1.82) is 0 Å². The number of carbonyl (C=O) groups is 1. The molecule has 1 N–H and O–H groups in total. The normalized spacial score (nSPS) is 16.2. The second-order valence-electron chi connectivity index (χ2n) is 6.81. The highest BCUT2D eigenvalue weighted by Crippen LogP contribution is 2.26. The number of aromatic nitrogens is 3. The standard InChI is InChI=1S/C21H21FN4O2/c22-19-6-2-1-5-17(19)20-18(12-24-25-20)21(27)26(14-16-4-3-11-28-16)13-15-7-9-23-10-8-15/h1-2,5-10,12,16H,3-4,11,13-14H2,(H,24,25). The molecule has 2 aromatic heterocycles. The first kappa shape index (κ1) is 18.3. The summed E-state index contributed by atoms with van der Waals surface area (Å²) in [6.45, 7) is 1.61.